The predicted octanol–water partition coefficient (Wildman–Crippen LogP) is 15.3. The molecule has 0 aliphatic heterocycles. The van der Waals surface area contributed by atoms with E-state index in [1.165, 1.54) is 149 Å². The quantitative estimate of drug-likeness (QED) is 0.0586. The molecule has 0 fully saturated rings. The zero-order valence-electron chi connectivity index (χ0n) is 31.6. The number of hydrogen-bond donors (Lipinski definition) is 0. The fourth-order valence-electron chi connectivity index (χ4n) is 6.76. The Morgan fingerprint density at radius 3 is 0.700 bits per heavy atom. The van der Waals surface area contributed by atoms with Crippen LogP contribution in [0.5, 0.6) is 11.5 Å². The van der Waals surface area contributed by atoms with Crippen LogP contribution in [0.4, 0.5) is 0 Å². The third-order valence-corrected chi connectivity index (χ3v) is 10.0. The first-order valence-corrected chi connectivity index (χ1v) is 20.4. The van der Waals surface area contributed by atoms with Crippen molar-refractivity contribution >= 4 is 0 Å². The highest BCUT2D eigenvalue weighted by molar-refractivity contribution is 5.73. The lowest BCUT2D eigenvalue weighted by Crippen LogP contribution is -1.97. The summed E-state index contributed by atoms with van der Waals surface area (Å²) in [4.78, 5) is 0. The van der Waals surface area contributed by atoms with Crippen LogP contribution in [0, 0.1) is 0 Å². The van der Waals surface area contributed by atoms with E-state index in [9.17, 15) is 0 Å². The van der Waals surface area contributed by atoms with Crippen LogP contribution in [-0.4, -0.2) is 13.2 Å². The summed E-state index contributed by atoms with van der Waals surface area (Å²) in [6.45, 7) is 6.18. The van der Waals surface area contributed by atoms with Crippen molar-refractivity contribution in [2.45, 2.75) is 142 Å². The number of ether oxygens (including phenoxy) is 2. The van der Waals surface area contributed by atoms with E-state index >= 15 is 0 Å². The van der Waals surface area contributed by atoms with Gasteiger partial charge in [0.05, 0.1) is 13.2 Å². The Bertz CT molecular complexity index is 1280. The lowest BCUT2D eigenvalue weighted by atomic mass is 9.98. The van der Waals surface area contributed by atoms with Gasteiger partial charge >= 0.3 is 0 Å². The van der Waals surface area contributed by atoms with E-state index in [0.717, 1.165) is 37.6 Å². The predicted molar refractivity (Wildman–Crippen MR) is 217 cm³/mol. The first-order valence-electron chi connectivity index (χ1n) is 20.4. The van der Waals surface area contributed by atoms with Crippen LogP contribution in [0.2, 0.25) is 0 Å². The van der Waals surface area contributed by atoms with E-state index in [1.807, 2.05) is 0 Å². The van der Waals surface area contributed by atoms with Gasteiger partial charge in [0.25, 0.3) is 0 Å². The smallest absolute Gasteiger partial charge is 0.119 e. The fraction of sp³-hybridized carbons (Fsp3) is 0.500. The molecule has 0 aliphatic carbocycles. The van der Waals surface area contributed by atoms with Gasteiger partial charge in [-0.2, -0.15) is 0 Å². The Labute approximate surface area is 306 Å². The maximum Gasteiger partial charge on any atom is 0.119 e. The van der Waals surface area contributed by atoms with Crippen molar-refractivity contribution in [3.8, 4) is 44.9 Å². The molecule has 0 aromatic heterocycles. The minimum Gasteiger partial charge on any atom is -0.494 e. The second-order valence-corrected chi connectivity index (χ2v) is 14.3. The summed E-state index contributed by atoms with van der Waals surface area (Å²) in [5.74, 6) is 1.93. The number of unbranched alkanes of at least 4 members (excludes halogenated alkanes) is 18. The first kappa shape index (κ1) is 39.3. The Kier molecular flexibility index (Phi) is 19.3. The van der Waals surface area contributed by atoms with Crippen molar-refractivity contribution in [3.63, 3.8) is 0 Å². The molecule has 0 atom stereocenters. The maximum atomic E-state index is 6.03. The molecule has 270 valence electrons. The van der Waals surface area contributed by atoms with E-state index < -0.39 is 0 Å². The van der Waals surface area contributed by atoms with Crippen LogP contribution in [0.1, 0.15) is 142 Å². The van der Waals surface area contributed by atoms with Gasteiger partial charge in [-0.25, -0.2) is 0 Å². The van der Waals surface area contributed by atoms with E-state index in [0.29, 0.717) is 0 Å². The average Bonchev–Trinajstić information content (AvgIpc) is 3.17. The van der Waals surface area contributed by atoms with Crippen molar-refractivity contribution in [1.29, 1.82) is 0 Å². The second kappa shape index (κ2) is 24.6. The van der Waals surface area contributed by atoms with Crippen LogP contribution in [0.15, 0.2) is 97.1 Å². The summed E-state index contributed by atoms with van der Waals surface area (Å²) < 4.78 is 12.1. The third kappa shape index (κ3) is 15.2. The standard InChI is InChI=1S/C48H66O2/c1-3-5-7-9-11-13-15-17-19-21-39-49-47-35-31-45(32-36-47)43-27-23-41(24-28-43)42-25-29-44(30-26-42)46-33-37-48(38-34-46)50-40-22-20-18-16-14-12-10-8-6-4-2/h23-38H,3-22,39-40H2,1-2H3. The summed E-state index contributed by atoms with van der Waals surface area (Å²) >= 11 is 0. The zero-order chi connectivity index (χ0) is 34.9. The van der Waals surface area contributed by atoms with Gasteiger partial charge in [0, 0.05) is 0 Å². The molecule has 4 aromatic rings. The molecule has 2 heteroatoms. The Morgan fingerprint density at radius 1 is 0.260 bits per heavy atom. The minimum absolute atomic E-state index is 0.808. The van der Waals surface area contributed by atoms with Crippen LogP contribution < -0.4 is 9.47 Å². The Morgan fingerprint density at radius 2 is 0.460 bits per heavy atom. The van der Waals surface area contributed by atoms with Crippen molar-refractivity contribution < 1.29 is 9.47 Å². The van der Waals surface area contributed by atoms with Crippen LogP contribution in [0.3, 0.4) is 0 Å². The molecular formula is C48H66O2. The summed E-state index contributed by atoms with van der Waals surface area (Å²) in [7, 11) is 0. The van der Waals surface area contributed by atoms with Gasteiger partial charge in [-0.05, 0) is 70.5 Å². The second-order valence-electron chi connectivity index (χ2n) is 14.3. The lowest BCUT2D eigenvalue weighted by molar-refractivity contribution is 0.304. The monoisotopic (exact) mass is 675 g/mol. The molecule has 0 N–H and O–H groups in total. The van der Waals surface area contributed by atoms with Crippen molar-refractivity contribution in [1.82, 2.24) is 0 Å². The summed E-state index contributed by atoms with van der Waals surface area (Å²) in [6.07, 6.45) is 26.9. The van der Waals surface area contributed by atoms with Gasteiger partial charge in [-0.1, -0.05) is 202 Å². The molecule has 0 saturated heterocycles. The van der Waals surface area contributed by atoms with Gasteiger partial charge in [0.2, 0.25) is 0 Å². The van der Waals surface area contributed by atoms with Gasteiger partial charge < -0.3 is 9.47 Å². The molecule has 0 bridgehead atoms. The van der Waals surface area contributed by atoms with Crippen molar-refractivity contribution in [3.05, 3.63) is 97.1 Å². The third-order valence-electron chi connectivity index (χ3n) is 10.0. The molecule has 4 rings (SSSR count). The largest absolute Gasteiger partial charge is 0.494 e. The molecule has 0 unspecified atom stereocenters. The molecule has 0 amide bonds. The van der Waals surface area contributed by atoms with Crippen LogP contribution >= 0.6 is 0 Å². The Hall–Kier alpha value is -3.52. The topological polar surface area (TPSA) is 18.5 Å². The van der Waals surface area contributed by atoms with E-state index in [1.54, 1.807) is 0 Å². The van der Waals surface area contributed by atoms with E-state index in [2.05, 4.69) is 111 Å². The lowest BCUT2D eigenvalue weighted by Gasteiger charge is -2.09. The van der Waals surface area contributed by atoms with Crippen LogP contribution in [0.25, 0.3) is 33.4 Å². The maximum absolute atomic E-state index is 6.03. The van der Waals surface area contributed by atoms with Gasteiger partial charge in [-0.3, -0.25) is 0 Å². The van der Waals surface area contributed by atoms with E-state index in [4.69, 9.17) is 9.47 Å². The summed E-state index contributed by atoms with van der Waals surface area (Å²) in [5.41, 5.74) is 7.34. The normalized spacial score (nSPS) is 11.2. The summed E-state index contributed by atoms with van der Waals surface area (Å²) in [6, 6.07) is 34.9. The molecule has 0 spiro atoms. The zero-order valence-corrected chi connectivity index (χ0v) is 31.6. The molecule has 4 aromatic carbocycles. The van der Waals surface area contributed by atoms with Crippen molar-refractivity contribution in [2.24, 2.45) is 0 Å². The Balaban J connectivity index is 1.12. The molecular weight excluding hydrogens is 609 g/mol. The molecule has 0 aliphatic rings. The number of benzene rings is 4. The number of rotatable bonds is 27. The average molecular weight is 675 g/mol. The highest BCUT2D eigenvalue weighted by Gasteiger charge is 2.05. The summed E-state index contributed by atoms with van der Waals surface area (Å²) in [5, 5.41) is 0. The number of hydrogen-bond acceptors (Lipinski definition) is 2. The highest BCUT2D eigenvalue weighted by Crippen LogP contribution is 2.29. The molecule has 50 heavy (non-hydrogen) atoms. The van der Waals surface area contributed by atoms with E-state index in [-0.39, 0.29) is 0 Å². The minimum atomic E-state index is 0.808. The molecule has 0 heterocycles. The van der Waals surface area contributed by atoms with Gasteiger partial charge in [0.15, 0.2) is 0 Å². The SMILES string of the molecule is CCCCCCCCCCCCOc1ccc(-c2ccc(-c3ccc(-c4ccc(OCCCCCCCCCCCC)cc4)cc3)cc2)cc1. The highest BCUT2D eigenvalue weighted by atomic mass is 16.5. The fourth-order valence-corrected chi connectivity index (χ4v) is 6.76. The molecule has 2 nitrogen and oxygen atoms in total. The van der Waals surface area contributed by atoms with Crippen molar-refractivity contribution in [2.75, 3.05) is 13.2 Å². The molecule has 0 saturated carbocycles. The molecule has 0 radical (unpaired) electrons. The van der Waals surface area contributed by atoms with Gasteiger partial charge in [-0.15, -0.1) is 0 Å². The van der Waals surface area contributed by atoms with Gasteiger partial charge in [0.1, 0.15) is 11.5 Å². The first-order chi connectivity index (χ1) is 24.8. The van der Waals surface area contributed by atoms with Crippen LogP contribution in [-0.2, 0) is 0 Å².